The predicted octanol–water partition coefficient (Wildman–Crippen LogP) is 1.11. The molecule has 5 nitrogen and oxygen atoms in total. The Bertz CT molecular complexity index is 447. The Morgan fingerprint density at radius 3 is 2.70 bits per heavy atom. The summed E-state index contributed by atoms with van der Waals surface area (Å²) in [6.45, 7) is 5.39. The molecule has 112 valence electrons. The van der Waals surface area contributed by atoms with Crippen molar-refractivity contribution < 1.29 is 9.53 Å². The highest BCUT2D eigenvalue weighted by Gasteiger charge is 2.11. The summed E-state index contributed by atoms with van der Waals surface area (Å²) in [6, 6.07) is 6.05. The molecular weight excluding hydrogens is 254 g/mol. The summed E-state index contributed by atoms with van der Waals surface area (Å²) in [4.78, 5) is 13.7. The summed E-state index contributed by atoms with van der Waals surface area (Å²) >= 11 is 0. The number of nitrogens with two attached hydrogens (primary N) is 1. The Labute approximate surface area is 121 Å². The minimum atomic E-state index is 0.0245. The number of nitrogens with one attached hydrogen (secondary N) is 1. The number of carbonyl (C=O) groups is 1. The number of rotatable bonds is 7. The molecule has 0 spiro atoms. The number of methoxy groups -OCH3 is 1. The molecule has 1 aromatic carbocycles. The Hall–Kier alpha value is -1.59. The van der Waals surface area contributed by atoms with Gasteiger partial charge in [0, 0.05) is 24.7 Å². The van der Waals surface area contributed by atoms with Gasteiger partial charge in [-0.3, -0.25) is 9.69 Å². The smallest absolute Gasteiger partial charge is 0.234 e. The van der Waals surface area contributed by atoms with Crippen molar-refractivity contribution in [3.05, 3.63) is 29.3 Å². The monoisotopic (exact) mass is 279 g/mol. The van der Waals surface area contributed by atoms with Crippen LogP contribution < -0.4 is 15.8 Å². The Balaban J connectivity index is 2.69. The minimum absolute atomic E-state index is 0.0245. The average molecular weight is 279 g/mol. The van der Waals surface area contributed by atoms with Crippen molar-refractivity contribution in [2.24, 2.45) is 5.73 Å². The summed E-state index contributed by atoms with van der Waals surface area (Å²) in [7, 11) is 3.56. The molecule has 1 aromatic rings. The van der Waals surface area contributed by atoms with Crippen LogP contribution in [0.5, 0.6) is 5.75 Å². The number of likely N-dealkylation sites (N-methyl/N-ethyl adjacent to an activating group) is 1. The molecule has 3 N–H and O–H groups in total. The quantitative estimate of drug-likeness (QED) is 0.784. The molecule has 0 radical (unpaired) electrons. The number of hydrogen-bond acceptors (Lipinski definition) is 4. The van der Waals surface area contributed by atoms with E-state index in [2.05, 4.69) is 5.32 Å². The standard InChI is InChI=1S/C15H25N3O2/c1-11(2)17-15(19)10-18(3)9-13-7-12(8-16)5-6-14(13)20-4/h5-7,11H,8-10,16H2,1-4H3,(H,17,19). The van der Waals surface area contributed by atoms with Crippen molar-refractivity contribution in [2.75, 3.05) is 20.7 Å². The Kier molecular flexibility index (Phi) is 6.48. The lowest BCUT2D eigenvalue weighted by Gasteiger charge is -2.19. The fourth-order valence-electron chi connectivity index (χ4n) is 2.04. The summed E-state index contributed by atoms with van der Waals surface area (Å²) in [5, 5.41) is 2.88. The maximum Gasteiger partial charge on any atom is 0.234 e. The lowest BCUT2D eigenvalue weighted by Crippen LogP contribution is -2.38. The van der Waals surface area contributed by atoms with E-state index in [0.29, 0.717) is 19.6 Å². The molecule has 0 fully saturated rings. The molecule has 0 aliphatic rings. The van der Waals surface area contributed by atoms with Crippen LogP contribution in [0.25, 0.3) is 0 Å². The van der Waals surface area contributed by atoms with Crippen LogP contribution in [0, 0.1) is 0 Å². The van der Waals surface area contributed by atoms with Crippen molar-refractivity contribution >= 4 is 5.91 Å². The van der Waals surface area contributed by atoms with Crippen molar-refractivity contribution in [1.82, 2.24) is 10.2 Å². The largest absolute Gasteiger partial charge is 0.496 e. The van der Waals surface area contributed by atoms with E-state index in [0.717, 1.165) is 16.9 Å². The molecule has 0 atom stereocenters. The number of nitrogens with zero attached hydrogens (tertiary/aromatic N) is 1. The topological polar surface area (TPSA) is 67.6 Å². The molecule has 0 bridgehead atoms. The van der Waals surface area contributed by atoms with Crippen molar-refractivity contribution in [2.45, 2.75) is 33.0 Å². The highest BCUT2D eigenvalue weighted by molar-refractivity contribution is 5.78. The SMILES string of the molecule is COc1ccc(CN)cc1CN(C)CC(=O)NC(C)C. The van der Waals surface area contributed by atoms with E-state index in [1.165, 1.54) is 0 Å². The predicted molar refractivity (Wildman–Crippen MR) is 80.5 cm³/mol. The minimum Gasteiger partial charge on any atom is -0.496 e. The van der Waals surface area contributed by atoms with E-state index < -0.39 is 0 Å². The molecule has 0 heterocycles. The lowest BCUT2D eigenvalue weighted by molar-refractivity contribution is -0.122. The fourth-order valence-corrected chi connectivity index (χ4v) is 2.04. The van der Waals surface area contributed by atoms with Crippen LogP contribution >= 0.6 is 0 Å². The third kappa shape index (κ3) is 5.19. The lowest BCUT2D eigenvalue weighted by atomic mass is 10.1. The Morgan fingerprint density at radius 2 is 2.15 bits per heavy atom. The second-order valence-electron chi connectivity index (χ2n) is 5.24. The zero-order chi connectivity index (χ0) is 15.1. The van der Waals surface area contributed by atoms with E-state index in [1.54, 1.807) is 7.11 Å². The first-order valence-electron chi connectivity index (χ1n) is 6.80. The highest BCUT2D eigenvalue weighted by Crippen LogP contribution is 2.21. The van der Waals surface area contributed by atoms with Gasteiger partial charge in [-0.1, -0.05) is 6.07 Å². The van der Waals surface area contributed by atoms with Gasteiger partial charge < -0.3 is 15.8 Å². The van der Waals surface area contributed by atoms with Crippen molar-refractivity contribution in [1.29, 1.82) is 0 Å². The van der Waals surface area contributed by atoms with E-state index in [4.69, 9.17) is 10.5 Å². The fraction of sp³-hybridized carbons (Fsp3) is 0.533. The second-order valence-corrected chi connectivity index (χ2v) is 5.24. The van der Waals surface area contributed by atoms with E-state index in [-0.39, 0.29) is 11.9 Å². The van der Waals surface area contributed by atoms with Gasteiger partial charge in [0.05, 0.1) is 13.7 Å². The van der Waals surface area contributed by atoms with Crippen LogP contribution in [-0.2, 0) is 17.9 Å². The van der Waals surface area contributed by atoms with Gasteiger partial charge in [0.15, 0.2) is 0 Å². The van der Waals surface area contributed by atoms with Gasteiger partial charge in [-0.15, -0.1) is 0 Å². The maximum absolute atomic E-state index is 11.7. The summed E-state index contributed by atoms with van der Waals surface area (Å²) in [5.41, 5.74) is 7.75. The average Bonchev–Trinajstić information content (AvgIpc) is 2.37. The van der Waals surface area contributed by atoms with Gasteiger partial charge in [-0.2, -0.15) is 0 Å². The molecule has 20 heavy (non-hydrogen) atoms. The molecule has 1 amide bonds. The first-order chi connectivity index (χ1) is 9.46. The van der Waals surface area contributed by atoms with Crippen LogP contribution in [-0.4, -0.2) is 37.6 Å². The summed E-state index contributed by atoms with van der Waals surface area (Å²) in [6.07, 6.45) is 0. The normalized spacial score (nSPS) is 10.9. The molecule has 1 rings (SSSR count). The van der Waals surface area contributed by atoms with Crippen LogP contribution in [0.2, 0.25) is 0 Å². The van der Waals surface area contributed by atoms with Gasteiger partial charge in [-0.05, 0) is 38.6 Å². The van der Waals surface area contributed by atoms with Gasteiger partial charge in [0.25, 0.3) is 0 Å². The number of benzene rings is 1. The number of ether oxygens (including phenoxy) is 1. The Morgan fingerprint density at radius 1 is 1.45 bits per heavy atom. The van der Waals surface area contributed by atoms with Crippen LogP contribution in [0.4, 0.5) is 0 Å². The van der Waals surface area contributed by atoms with E-state index >= 15 is 0 Å². The van der Waals surface area contributed by atoms with E-state index in [9.17, 15) is 4.79 Å². The number of carbonyl (C=O) groups excluding carboxylic acids is 1. The summed E-state index contributed by atoms with van der Waals surface area (Å²) < 4.78 is 5.35. The number of amides is 1. The zero-order valence-electron chi connectivity index (χ0n) is 12.8. The molecule has 0 aromatic heterocycles. The molecule has 0 unspecified atom stereocenters. The zero-order valence-corrected chi connectivity index (χ0v) is 12.8. The number of hydrogen-bond donors (Lipinski definition) is 2. The first kappa shape index (κ1) is 16.5. The van der Waals surface area contributed by atoms with Gasteiger partial charge >= 0.3 is 0 Å². The molecule has 0 aliphatic heterocycles. The second kappa shape index (κ2) is 7.87. The van der Waals surface area contributed by atoms with Crippen LogP contribution in [0.15, 0.2) is 18.2 Å². The third-order valence-electron chi connectivity index (χ3n) is 2.88. The van der Waals surface area contributed by atoms with Crippen LogP contribution in [0.3, 0.4) is 0 Å². The molecule has 0 saturated heterocycles. The third-order valence-corrected chi connectivity index (χ3v) is 2.88. The first-order valence-corrected chi connectivity index (χ1v) is 6.80. The molecule has 0 saturated carbocycles. The van der Waals surface area contributed by atoms with Gasteiger partial charge in [0.1, 0.15) is 5.75 Å². The van der Waals surface area contributed by atoms with Gasteiger partial charge in [0.2, 0.25) is 5.91 Å². The van der Waals surface area contributed by atoms with Crippen molar-refractivity contribution in [3.63, 3.8) is 0 Å². The van der Waals surface area contributed by atoms with Gasteiger partial charge in [-0.25, -0.2) is 0 Å². The maximum atomic E-state index is 11.7. The van der Waals surface area contributed by atoms with Crippen LogP contribution in [0.1, 0.15) is 25.0 Å². The van der Waals surface area contributed by atoms with E-state index in [1.807, 2.05) is 44.0 Å². The molecular formula is C15H25N3O2. The summed E-state index contributed by atoms with van der Waals surface area (Å²) in [5.74, 6) is 0.842. The molecule has 5 heteroatoms. The molecule has 0 aliphatic carbocycles. The van der Waals surface area contributed by atoms with Crippen molar-refractivity contribution in [3.8, 4) is 5.75 Å². The highest BCUT2D eigenvalue weighted by atomic mass is 16.5.